The second-order valence-electron chi connectivity index (χ2n) is 7.37. The Kier molecular flexibility index (Phi) is 7.25. The van der Waals surface area contributed by atoms with Gasteiger partial charge in [0.25, 0.3) is 0 Å². The lowest BCUT2D eigenvalue weighted by atomic mass is 10.0. The Labute approximate surface area is 146 Å². The molecule has 1 unspecified atom stereocenters. The van der Waals surface area contributed by atoms with E-state index in [1.807, 2.05) is 37.3 Å². The van der Waals surface area contributed by atoms with Gasteiger partial charge < -0.3 is 9.64 Å². The van der Waals surface area contributed by atoms with Crippen LogP contribution in [0.4, 0.5) is 0 Å². The van der Waals surface area contributed by atoms with Gasteiger partial charge in [-0.2, -0.15) is 0 Å². The summed E-state index contributed by atoms with van der Waals surface area (Å²) in [6.45, 7) is 9.92. The Balaban J connectivity index is 1.75. The molecule has 1 aromatic rings. The molecule has 0 N–H and O–H groups in total. The number of ether oxygens (including phenoxy) is 1. The number of rotatable bonds is 7. The van der Waals surface area contributed by atoms with Crippen LogP contribution in [0.25, 0.3) is 0 Å². The highest BCUT2D eigenvalue weighted by Gasteiger charge is 2.29. The van der Waals surface area contributed by atoms with E-state index in [9.17, 15) is 4.79 Å². The molecule has 0 radical (unpaired) electrons. The molecule has 1 atom stereocenters. The molecule has 1 heterocycles. The Morgan fingerprint density at radius 1 is 1.21 bits per heavy atom. The summed E-state index contributed by atoms with van der Waals surface area (Å²) >= 11 is 0. The van der Waals surface area contributed by atoms with Crippen molar-refractivity contribution < 1.29 is 9.53 Å². The van der Waals surface area contributed by atoms with Gasteiger partial charge in [0.15, 0.2) is 0 Å². The SMILES string of the molecule is CC(C)CN(C)C1CCN(C(C)C(=O)OCc2ccccc2)CC1. The lowest BCUT2D eigenvalue weighted by Crippen LogP contribution is -2.49. The van der Waals surface area contributed by atoms with Gasteiger partial charge in [0.05, 0.1) is 0 Å². The van der Waals surface area contributed by atoms with Gasteiger partial charge in [0.2, 0.25) is 0 Å². The number of carbonyl (C=O) groups is 1. The maximum atomic E-state index is 12.3. The fourth-order valence-electron chi connectivity index (χ4n) is 3.44. The van der Waals surface area contributed by atoms with Gasteiger partial charge in [-0.25, -0.2) is 0 Å². The third-order valence-electron chi connectivity index (χ3n) is 4.89. The predicted molar refractivity (Wildman–Crippen MR) is 97.8 cm³/mol. The van der Waals surface area contributed by atoms with E-state index in [0.717, 1.165) is 38.0 Å². The number of esters is 1. The van der Waals surface area contributed by atoms with Crippen LogP contribution in [0.2, 0.25) is 0 Å². The Morgan fingerprint density at radius 2 is 1.83 bits per heavy atom. The van der Waals surface area contributed by atoms with Crippen molar-refractivity contribution in [1.29, 1.82) is 0 Å². The van der Waals surface area contributed by atoms with Crippen molar-refractivity contribution in [3.63, 3.8) is 0 Å². The first-order chi connectivity index (χ1) is 11.5. The molecular formula is C20H32N2O2. The highest BCUT2D eigenvalue weighted by atomic mass is 16.5. The predicted octanol–water partition coefficient (Wildman–Crippen LogP) is 3.17. The van der Waals surface area contributed by atoms with E-state index in [1.165, 1.54) is 0 Å². The fourth-order valence-corrected chi connectivity index (χ4v) is 3.44. The average molecular weight is 332 g/mol. The zero-order valence-electron chi connectivity index (χ0n) is 15.6. The molecule has 134 valence electrons. The molecule has 0 spiro atoms. The molecule has 1 aliphatic heterocycles. The summed E-state index contributed by atoms with van der Waals surface area (Å²) < 4.78 is 5.48. The molecule has 2 rings (SSSR count). The van der Waals surface area contributed by atoms with E-state index in [0.29, 0.717) is 18.6 Å². The van der Waals surface area contributed by atoms with Crippen molar-refractivity contribution in [2.24, 2.45) is 5.92 Å². The summed E-state index contributed by atoms with van der Waals surface area (Å²) in [5, 5.41) is 0. The van der Waals surface area contributed by atoms with Crippen molar-refractivity contribution >= 4 is 5.97 Å². The molecule has 0 amide bonds. The van der Waals surface area contributed by atoms with Crippen molar-refractivity contribution in [2.45, 2.75) is 52.3 Å². The quantitative estimate of drug-likeness (QED) is 0.718. The van der Waals surface area contributed by atoms with Crippen LogP contribution in [-0.2, 0) is 16.1 Å². The molecule has 1 aromatic carbocycles. The van der Waals surface area contributed by atoms with Gasteiger partial charge in [0.1, 0.15) is 12.6 Å². The van der Waals surface area contributed by atoms with Crippen LogP contribution in [0.5, 0.6) is 0 Å². The van der Waals surface area contributed by atoms with Crippen LogP contribution < -0.4 is 0 Å². The van der Waals surface area contributed by atoms with E-state index in [2.05, 4.69) is 30.7 Å². The lowest BCUT2D eigenvalue weighted by Gasteiger charge is -2.39. The van der Waals surface area contributed by atoms with Crippen molar-refractivity contribution in [2.75, 3.05) is 26.7 Å². The number of hydrogen-bond acceptors (Lipinski definition) is 4. The topological polar surface area (TPSA) is 32.8 Å². The fraction of sp³-hybridized carbons (Fsp3) is 0.650. The highest BCUT2D eigenvalue weighted by molar-refractivity contribution is 5.75. The molecule has 0 bridgehead atoms. The van der Waals surface area contributed by atoms with Crippen LogP contribution in [0.15, 0.2) is 30.3 Å². The molecule has 4 heteroatoms. The minimum Gasteiger partial charge on any atom is -0.460 e. The summed E-state index contributed by atoms with van der Waals surface area (Å²) in [5.74, 6) is 0.577. The first-order valence-corrected chi connectivity index (χ1v) is 9.12. The first-order valence-electron chi connectivity index (χ1n) is 9.12. The largest absolute Gasteiger partial charge is 0.460 e. The van der Waals surface area contributed by atoms with Crippen LogP contribution in [0.3, 0.4) is 0 Å². The normalized spacial score (nSPS) is 18.1. The van der Waals surface area contributed by atoms with Gasteiger partial charge in [-0.1, -0.05) is 44.2 Å². The molecule has 0 aromatic heterocycles. The van der Waals surface area contributed by atoms with Crippen molar-refractivity contribution in [3.8, 4) is 0 Å². The van der Waals surface area contributed by atoms with E-state index in [4.69, 9.17) is 4.74 Å². The summed E-state index contributed by atoms with van der Waals surface area (Å²) in [7, 11) is 2.22. The third-order valence-corrected chi connectivity index (χ3v) is 4.89. The molecular weight excluding hydrogens is 300 g/mol. The molecule has 1 fully saturated rings. The minimum absolute atomic E-state index is 0.118. The van der Waals surface area contributed by atoms with Crippen molar-refractivity contribution in [3.05, 3.63) is 35.9 Å². The van der Waals surface area contributed by atoms with Crippen LogP contribution >= 0.6 is 0 Å². The molecule has 4 nitrogen and oxygen atoms in total. The summed E-state index contributed by atoms with van der Waals surface area (Å²) in [6.07, 6.45) is 2.25. The zero-order valence-corrected chi connectivity index (χ0v) is 15.6. The average Bonchev–Trinajstić information content (AvgIpc) is 2.59. The Bertz CT molecular complexity index is 496. The van der Waals surface area contributed by atoms with E-state index < -0.39 is 0 Å². The summed E-state index contributed by atoms with van der Waals surface area (Å²) in [6, 6.07) is 10.3. The molecule has 24 heavy (non-hydrogen) atoms. The first kappa shape index (κ1) is 18.9. The summed E-state index contributed by atoms with van der Waals surface area (Å²) in [5.41, 5.74) is 1.03. The Morgan fingerprint density at radius 3 is 2.42 bits per heavy atom. The number of piperidine rings is 1. The smallest absolute Gasteiger partial charge is 0.323 e. The second kappa shape index (κ2) is 9.19. The van der Waals surface area contributed by atoms with Crippen LogP contribution in [0.1, 0.15) is 39.2 Å². The number of benzene rings is 1. The van der Waals surface area contributed by atoms with Gasteiger partial charge in [-0.3, -0.25) is 9.69 Å². The Hall–Kier alpha value is -1.39. The standard InChI is InChI=1S/C20H32N2O2/c1-16(2)14-21(4)19-10-12-22(13-11-19)17(3)20(23)24-15-18-8-6-5-7-9-18/h5-9,16-17,19H,10-15H2,1-4H3. The lowest BCUT2D eigenvalue weighted by molar-refractivity contribution is -0.151. The van der Waals surface area contributed by atoms with Gasteiger partial charge in [-0.15, -0.1) is 0 Å². The van der Waals surface area contributed by atoms with Gasteiger partial charge in [0, 0.05) is 25.7 Å². The number of hydrogen-bond donors (Lipinski definition) is 0. The minimum atomic E-state index is -0.162. The monoisotopic (exact) mass is 332 g/mol. The summed E-state index contributed by atoms with van der Waals surface area (Å²) in [4.78, 5) is 17.0. The van der Waals surface area contributed by atoms with E-state index >= 15 is 0 Å². The zero-order chi connectivity index (χ0) is 17.5. The number of carbonyl (C=O) groups excluding carboxylic acids is 1. The third kappa shape index (κ3) is 5.60. The number of likely N-dealkylation sites (tertiary alicyclic amines) is 1. The number of nitrogens with zero attached hydrogens (tertiary/aromatic N) is 2. The van der Waals surface area contributed by atoms with E-state index in [1.54, 1.807) is 0 Å². The highest BCUT2D eigenvalue weighted by Crippen LogP contribution is 2.19. The second-order valence-corrected chi connectivity index (χ2v) is 7.37. The maximum Gasteiger partial charge on any atom is 0.323 e. The molecule has 1 aliphatic rings. The maximum absolute atomic E-state index is 12.3. The molecule has 0 saturated carbocycles. The van der Waals surface area contributed by atoms with Crippen LogP contribution in [-0.4, -0.2) is 54.5 Å². The molecule has 1 saturated heterocycles. The van der Waals surface area contributed by atoms with Crippen molar-refractivity contribution in [1.82, 2.24) is 9.80 Å². The van der Waals surface area contributed by atoms with Crippen LogP contribution in [0, 0.1) is 5.92 Å². The van der Waals surface area contributed by atoms with E-state index in [-0.39, 0.29) is 12.0 Å². The van der Waals surface area contributed by atoms with Gasteiger partial charge in [-0.05, 0) is 38.3 Å². The molecule has 0 aliphatic carbocycles. The van der Waals surface area contributed by atoms with Gasteiger partial charge >= 0.3 is 5.97 Å².